The van der Waals surface area contributed by atoms with Crippen molar-refractivity contribution in [1.29, 1.82) is 0 Å². The molecule has 0 amide bonds. The molecule has 38 heavy (non-hydrogen) atoms. The van der Waals surface area contributed by atoms with E-state index in [1.54, 1.807) is 0 Å². The zero-order valence-corrected chi connectivity index (χ0v) is 25.1. The second-order valence-electron chi connectivity index (χ2n) is 9.44. The number of hydrogen-bond donors (Lipinski definition) is 0. The number of hydrogen-bond acceptors (Lipinski definition) is 7. The fourth-order valence-corrected chi connectivity index (χ4v) is 18.3. The van der Waals surface area contributed by atoms with Gasteiger partial charge in [-0.05, 0) is 33.3 Å². The van der Waals surface area contributed by atoms with Crippen LogP contribution in [-0.2, 0) is 13.1 Å². The summed E-state index contributed by atoms with van der Waals surface area (Å²) in [5, 5.41) is 4.26. The Hall–Kier alpha value is -1.81. The smallest absolute Gasteiger partial charge is 0.335 e. The second kappa shape index (κ2) is 9.11. The van der Waals surface area contributed by atoms with Crippen LogP contribution in [0.2, 0.25) is 0 Å². The zero-order valence-electron chi connectivity index (χ0n) is 20.9. The van der Waals surface area contributed by atoms with Gasteiger partial charge >= 0.3 is 15.2 Å². The maximum Gasteiger partial charge on any atom is 0.335 e. The predicted molar refractivity (Wildman–Crippen MR) is 161 cm³/mol. The molecule has 0 radical (unpaired) electrons. The largest absolute Gasteiger partial charge is 0.429 e. The average Bonchev–Trinajstić information content (AvgIpc) is 2.91. The van der Waals surface area contributed by atoms with E-state index in [1.165, 1.54) is 0 Å². The van der Waals surface area contributed by atoms with E-state index in [2.05, 4.69) is 71.7 Å². The minimum absolute atomic E-state index is 0.636. The fraction of sp³-hybridized carbons (Fsp3) is 0.231. The van der Waals surface area contributed by atoms with E-state index in [4.69, 9.17) is 45.1 Å². The van der Waals surface area contributed by atoms with Crippen molar-refractivity contribution in [3.63, 3.8) is 0 Å². The number of halogens is 2. The molecule has 3 heterocycles. The standard InChI is InChI=1S/C26H26Cl2N5O2P3/c1-3-32-17-21-15-13-19-9-5-7-11-23(19)25(21)34-37(32)29-36(27,28)30-38(31-37)33(4-2)18-22-16-14-20-10-6-8-12-24(20)26(22)35-38/h5-16H,3-4,17-18H2,1-2H3. The van der Waals surface area contributed by atoms with Gasteiger partial charge in [0.25, 0.3) is 5.91 Å². The van der Waals surface area contributed by atoms with E-state index in [1.807, 2.05) is 24.3 Å². The molecule has 7 rings (SSSR count). The van der Waals surface area contributed by atoms with Crippen LogP contribution in [0.3, 0.4) is 0 Å². The first-order valence-electron chi connectivity index (χ1n) is 12.6. The van der Waals surface area contributed by atoms with Crippen LogP contribution in [-0.4, -0.2) is 22.4 Å². The Labute approximate surface area is 231 Å². The summed E-state index contributed by atoms with van der Waals surface area (Å²) in [6.45, 7) is 6.79. The SMILES string of the molecule is CCN1Cc2ccc3ccccc3c2OP12=NP(Cl)(Cl)=NP1(=N2)Oc2c(ccc3ccccc23)CN1CC. The maximum absolute atomic E-state index is 6.98. The molecule has 2 spiro atoms. The molecule has 4 aromatic carbocycles. The van der Waals surface area contributed by atoms with Crippen LogP contribution in [0.15, 0.2) is 86.3 Å². The van der Waals surface area contributed by atoms with Crippen molar-refractivity contribution in [2.45, 2.75) is 26.9 Å². The van der Waals surface area contributed by atoms with E-state index in [9.17, 15) is 0 Å². The van der Waals surface area contributed by atoms with Crippen LogP contribution < -0.4 is 9.05 Å². The third-order valence-electron chi connectivity index (χ3n) is 7.20. The highest BCUT2D eigenvalue weighted by atomic mass is 35.9. The number of nitrogens with zero attached hydrogens (tertiary/aromatic N) is 5. The van der Waals surface area contributed by atoms with Crippen LogP contribution in [0.1, 0.15) is 25.0 Å². The molecule has 12 heteroatoms. The van der Waals surface area contributed by atoms with Crippen LogP contribution in [0, 0.1) is 0 Å². The molecule has 0 aliphatic carbocycles. The van der Waals surface area contributed by atoms with Crippen molar-refractivity contribution >= 4 is 65.1 Å². The molecule has 0 bridgehead atoms. The summed E-state index contributed by atoms with van der Waals surface area (Å²) in [5.41, 5.74) is 2.19. The van der Waals surface area contributed by atoms with E-state index in [-0.39, 0.29) is 0 Å². The zero-order chi connectivity index (χ0) is 26.1. The Bertz CT molecular complexity index is 1700. The molecule has 7 nitrogen and oxygen atoms in total. The Morgan fingerprint density at radius 2 is 1.13 bits per heavy atom. The van der Waals surface area contributed by atoms with Gasteiger partial charge in [-0.15, -0.1) is 4.52 Å². The van der Waals surface area contributed by atoms with Crippen molar-refractivity contribution < 1.29 is 9.05 Å². The number of benzene rings is 4. The molecule has 0 saturated heterocycles. The van der Waals surface area contributed by atoms with Crippen molar-refractivity contribution in [2.24, 2.45) is 13.5 Å². The van der Waals surface area contributed by atoms with Gasteiger partial charge < -0.3 is 9.05 Å². The summed E-state index contributed by atoms with van der Waals surface area (Å²) in [4.78, 5) is 0. The molecule has 3 aliphatic heterocycles. The van der Waals surface area contributed by atoms with Crippen molar-refractivity contribution in [1.82, 2.24) is 9.34 Å². The minimum atomic E-state index is -3.18. The second-order valence-corrected chi connectivity index (χ2v) is 19.4. The lowest BCUT2D eigenvalue weighted by molar-refractivity contribution is 0.372. The first-order valence-corrected chi connectivity index (χ1v) is 19.2. The maximum atomic E-state index is 6.98. The van der Waals surface area contributed by atoms with Crippen LogP contribution >= 0.6 is 43.6 Å². The lowest BCUT2D eigenvalue weighted by Crippen LogP contribution is -2.30. The molecule has 0 fully saturated rings. The summed E-state index contributed by atoms with van der Waals surface area (Å²) in [6.07, 6.45) is 0. The minimum Gasteiger partial charge on any atom is -0.429 e. The highest BCUT2D eigenvalue weighted by Crippen LogP contribution is 2.85. The molecule has 4 aromatic rings. The first-order chi connectivity index (χ1) is 18.4. The van der Waals surface area contributed by atoms with E-state index in [0.29, 0.717) is 26.2 Å². The van der Waals surface area contributed by atoms with Gasteiger partial charge in [0.15, 0.2) is 0 Å². The predicted octanol–water partition coefficient (Wildman–Crippen LogP) is 10.5. The molecule has 2 unspecified atom stereocenters. The Morgan fingerprint density at radius 1 is 0.658 bits per heavy atom. The van der Waals surface area contributed by atoms with E-state index in [0.717, 1.165) is 44.2 Å². The van der Waals surface area contributed by atoms with Gasteiger partial charge in [-0.1, -0.05) is 86.6 Å². The lowest BCUT2D eigenvalue weighted by atomic mass is 10.1. The summed E-state index contributed by atoms with van der Waals surface area (Å²) >= 11 is 14.0. The molecule has 0 aromatic heterocycles. The van der Waals surface area contributed by atoms with Gasteiger partial charge in [0, 0.05) is 48.1 Å². The summed E-state index contributed by atoms with van der Waals surface area (Å²) in [6, 6.07) is 24.9. The Morgan fingerprint density at radius 3 is 1.63 bits per heavy atom. The summed E-state index contributed by atoms with van der Waals surface area (Å²) in [5.74, 6) is -1.59. The van der Waals surface area contributed by atoms with Gasteiger partial charge in [-0.3, -0.25) is 0 Å². The first kappa shape index (κ1) is 25.2. The van der Waals surface area contributed by atoms with Crippen LogP contribution in [0.25, 0.3) is 21.5 Å². The molecular formula is C26H26Cl2N5O2P3. The number of rotatable bonds is 2. The fourth-order valence-electron chi connectivity index (χ4n) is 5.36. The number of fused-ring (bicyclic) bond motifs is 6. The van der Waals surface area contributed by atoms with Crippen LogP contribution in [0.5, 0.6) is 11.5 Å². The van der Waals surface area contributed by atoms with Crippen molar-refractivity contribution in [2.75, 3.05) is 13.1 Å². The van der Waals surface area contributed by atoms with Crippen molar-refractivity contribution in [3.8, 4) is 11.5 Å². The summed E-state index contributed by atoms with van der Waals surface area (Å²) < 4.78 is 33.5. The molecule has 0 saturated carbocycles. The molecule has 0 N–H and O–H groups in total. The highest BCUT2D eigenvalue weighted by Gasteiger charge is 2.49. The lowest BCUT2D eigenvalue weighted by Gasteiger charge is -2.44. The van der Waals surface area contributed by atoms with Gasteiger partial charge in [0.05, 0.1) is 0 Å². The summed E-state index contributed by atoms with van der Waals surface area (Å²) in [7, 11) is -6.10. The third kappa shape index (κ3) is 3.91. The van der Waals surface area contributed by atoms with Gasteiger partial charge in [0.1, 0.15) is 11.5 Å². The molecule has 196 valence electrons. The highest BCUT2D eigenvalue weighted by molar-refractivity contribution is 8.13. The van der Waals surface area contributed by atoms with E-state index < -0.39 is 21.1 Å². The Balaban J connectivity index is 1.49. The molecular weight excluding hydrogens is 578 g/mol. The normalized spacial score (nSPS) is 26.1. The van der Waals surface area contributed by atoms with Crippen LogP contribution in [0.4, 0.5) is 0 Å². The molecule has 3 aliphatic rings. The Kier molecular flexibility index (Phi) is 6.04. The average molecular weight is 604 g/mol. The van der Waals surface area contributed by atoms with Gasteiger partial charge in [-0.25, -0.2) is 9.34 Å². The van der Waals surface area contributed by atoms with E-state index >= 15 is 0 Å². The quantitative estimate of drug-likeness (QED) is 0.214. The van der Waals surface area contributed by atoms with Crippen molar-refractivity contribution in [3.05, 3.63) is 83.9 Å². The van der Waals surface area contributed by atoms with Gasteiger partial charge in [-0.2, -0.15) is 9.03 Å². The van der Waals surface area contributed by atoms with Gasteiger partial charge in [0.2, 0.25) is 0 Å². The topological polar surface area (TPSA) is 62.0 Å². The third-order valence-corrected chi connectivity index (χ3v) is 18.3. The molecule has 2 atom stereocenters. The monoisotopic (exact) mass is 603 g/mol.